The van der Waals surface area contributed by atoms with Gasteiger partial charge in [-0.25, -0.2) is 5.10 Å². The van der Waals surface area contributed by atoms with Gasteiger partial charge in [0, 0.05) is 11.1 Å². The predicted molar refractivity (Wildman–Crippen MR) is 91.2 cm³/mol. The van der Waals surface area contributed by atoms with Crippen LogP contribution in [0, 0.1) is 0 Å². The third kappa shape index (κ3) is 3.36. The quantitative estimate of drug-likeness (QED) is 0.762. The summed E-state index contributed by atoms with van der Waals surface area (Å²) >= 11 is 11.8. The average Bonchev–Trinajstić information content (AvgIpc) is 2.54. The van der Waals surface area contributed by atoms with Gasteiger partial charge in [0.25, 0.3) is 5.56 Å². The number of aromatic nitrogens is 2. The number of carbonyl (C=O) groups excluding carboxylic acids is 1. The maximum Gasteiger partial charge on any atom is 0.272 e. The number of hydrogen-bond donors (Lipinski definition) is 2. The molecule has 3 rings (SSSR count). The van der Waals surface area contributed by atoms with E-state index in [1.807, 2.05) is 0 Å². The number of nitrogens with zero attached hydrogens (tertiary/aromatic N) is 1. The van der Waals surface area contributed by atoms with Crippen molar-refractivity contribution in [3.63, 3.8) is 0 Å². The van der Waals surface area contributed by atoms with E-state index in [9.17, 15) is 9.59 Å². The van der Waals surface area contributed by atoms with Gasteiger partial charge >= 0.3 is 0 Å². The SMILES string of the molecule is O=C(Cc1n[nH]c(=O)c2ccccc12)Nc1ccc(Cl)c(Cl)c1. The average molecular weight is 348 g/mol. The summed E-state index contributed by atoms with van der Waals surface area (Å²) in [5, 5.41) is 11.0. The summed E-state index contributed by atoms with van der Waals surface area (Å²) in [5.74, 6) is -0.270. The molecule has 0 aliphatic carbocycles. The number of H-pyrrole nitrogens is 1. The van der Waals surface area contributed by atoms with Crippen LogP contribution in [0.1, 0.15) is 5.69 Å². The smallest absolute Gasteiger partial charge is 0.272 e. The van der Waals surface area contributed by atoms with Crippen LogP contribution >= 0.6 is 23.2 Å². The summed E-state index contributed by atoms with van der Waals surface area (Å²) in [6, 6.07) is 11.8. The molecule has 0 unspecified atom stereocenters. The minimum atomic E-state index is -0.283. The number of nitrogens with one attached hydrogen (secondary N) is 2. The minimum absolute atomic E-state index is 0.0253. The van der Waals surface area contributed by atoms with E-state index >= 15 is 0 Å². The Morgan fingerprint density at radius 3 is 2.57 bits per heavy atom. The van der Waals surface area contributed by atoms with Crippen LogP contribution in [0.3, 0.4) is 0 Å². The molecule has 0 aliphatic heterocycles. The van der Waals surface area contributed by atoms with Crippen molar-refractivity contribution in [2.24, 2.45) is 0 Å². The second kappa shape index (κ2) is 6.40. The molecule has 0 bridgehead atoms. The van der Waals surface area contributed by atoms with E-state index in [2.05, 4.69) is 15.5 Å². The third-order valence-electron chi connectivity index (χ3n) is 3.31. The van der Waals surface area contributed by atoms with E-state index in [-0.39, 0.29) is 17.9 Å². The molecule has 2 aromatic carbocycles. The van der Waals surface area contributed by atoms with Gasteiger partial charge in [-0.1, -0.05) is 41.4 Å². The molecule has 5 nitrogen and oxygen atoms in total. The van der Waals surface area contributed by atoms with Crippen molar-refractivity contribution in [1.82, 2.24) is 10.2 Å². The summed E-state index contributed by atoms with van der Waals surface area (Å²) in [4.78, 5) is 23.9. The normalized spacial score (nSPS) is 10.7. The first-order valence-electron chi connectivity index (χ1n) is 6.76. The summed E-state index contributed by atoms with van der Waals surface area (Å²) in [6.45, 7) is 0. The fourth-order valence-corrected chi connectivity index (χ4v) is 2.54. The van der Waals surface area contributed by atoms with E-state index in [0.717, 1.165) is 0 Å². The van der Waals surface area contributed by atoms with Gasteiger partial charge in [-0.2, -0.15) is 5.10 Å². The zero-order valence-electron chi connectivity index (χ0n) is 11.8. The molecule has 0 fully saturated rings. The molecule has 2 N–H and O–H groups in total. The predicted octanol–water partition coefficient (Wildman–Crippen LogP) is 3.41. The molecule has 0 radical (unpaired) electrons. The second-order valence-electron chi connectivity index (χ2n) is 4.90. The summed E-state index contributed by atoms with van der Waals surface area (Å²) in [5.41, 5.74) is 0.755. The molecule has 7 heteroatoms. The van der Waals surface area contributed by atoms with Gasteiger partial charge in [-0.05, 0) is 24.3 Å². The Balaban J connectivity index is 1.84. The van der Waals surface area contributed by atoms with Crippen molar-refractivity contribution < 1.29 is 4.79 Å². The lowest BCUT2D eigenvalue weighted by Crippen LogP contribution is -2.18. The number of benzene rings is 2. The molecule has 0 spiro atoms. The zero-order valence-corrected chi connectivity index (χ0v) is 13.3. The van der Waals surface area contributed by atoms with Crippen LogP contribution in [-0.4, -0.2) is 16.1 Å². The Hall–Kier alpha value is -2.37. The molecule has 0 saturated heterocycles. The lowest BCUT2D eigenvalue weighted by Gasteiger charge is -2.07. The van der Waals surface area contributed by atoms with Gasteiger partial charge in [0.2, 0.25) is 5.91 Å². The number of amides is 1. The van der Waals surface area contributed by atoms with Crippen LogP contribution < -0.4 is 10.9 Å². The highest BCUT2D eigenvalue weighted by Crippen LogP contribution is 2.25. The summed E-state index contributed by atoms with van der Waals surface area (Å²) in [7, 11) is 0. The first-order valence-corrected chi connectivity index (χ1v) is 7.51. The molecule has 0 saturated carbocycles. The van der Waals surface area contributed by atoms with Crippen molar-refractivity contribution in [2.45, 2.75) is 6.42 Å². The molecule has 0 atom stereocenters. The van der Waals surface area contributed by atoms with E-state index in [0.29, 0.717) is 32.2 Å². The van der Waals surface area contributed by atoms with Crippen LogP contribution in [0.25, 0.3) is 10.8 Å². The number of aromatic amines is 1. The Morgan fingerprint density at radius 2 is 1.83 bits per heavy atom. The van der Waals surface area contributed by atoms with Gasteiger partial charge in [-0.3, -0.25) is 9.59 Å². The molecule has 23 heavy (non-hydrogen) atoms. The fraction of sp³-hybridized carbons (Fsp3) is 0.0625. The van der Waals surface area contributed by atoms with Crippen molar-refractivity contribution in [1.29, 1.82) is 0 Å². The number of hydrogen-bond acceptors (Lipinski definition) is 3. The number of carbonyl (C=O) groups is 1. The molecule has 1 aromatic heterocycles. The van der Waals surface area contributed by atoms with E-state index in [1.165, 1.54) is 0 Å². The molecular weight excluding hydrogens is 337 g/mol. The van der Waals surface area contributed by atoms with Crippen LogP contribution in [0.15, 0.2) is 47.3 Å². The lowest BCUT2D eigenvalue weighted by molar-refractivity contribution is -0.115. The van der Waals surface area contributed by atoms with Gasteiger partial charge in [0.05, 0.1) is 27.5 Å². The first-order chi connectivity index (χ1) is 11.0. The fourth-order valence-electron chi connectivity index (χ4n) is 2.24. The Bertz CT molecular complexity index is 953. The standard InChI is InChI=1S/C16H11Cl2N3O2/c17-12-6-5-9(7-13(12)18)19-15(22)8-14-10-3-1-2-4-11(10)16(23)21-20-14/h1-7H,8H2,(H,19,22)(H,21,23). The van der Waals surface area contributed by atoms with Gasteiger partial charge in [0.1, 0.15) is 0 Å². The minimum Gasteiger partial charge on any atom is -0.326 e. The maximum absolute atomic E-state index is 12.2. The van der Waals surface area contributed by atoms with Gasteiger partial charge < -0.3 is 5.32 Å². The molecule has 0 aliphatic rings. The third-order valence-corrected chi connectivity index (χ3v) is 4.05. The summed E-state index contributed by atoms with van der Waals surface area (Å²) < 4.78 is 0. The van der Waals surface area contributed by atoms with Crippen molar-refractivity contribution in [3.05, 3.63) is 68.6 Å². The highest BCUT2D eigenvalue weighted by atomic mass is 35.5. The molecular formula is C16H11Cl2N3O2. The summed E-state index contributed by atoms with van der Waals surface area (Å²) in [6.07, 6.45) is 0.0253. The maximum atomic E-state index is 12.2. The zero-order chi connectivity index (χ0) is 16.4. The molecule has 1 amide bonds. The van der Waals surface area contributed by atoms with Crippen molar-refractivity contribution in [3.8, 4) is 0 Å². The Labute approximate surface area is 141 Å². The Kier molecular flexibility index (Phi) is 4.32. The number of rotatable bonds is 3. The van der Waals surface area contributed by atoms with E-state index in [1.54, 1.807) is 42.5 Å². The number of anilines is 1. The van der Waals surface area contributed by atoms with Crippen LogP contribution in [0.4, 0.5) is 5.69 Å². The van der Waals surface area contributed by atoms with E-state index in [4.69, 9.17) is 23.2 Å². The molecule has 1 heterocycles. The van der Waals surface area contributed by atoms with Crippen molar-refractivity contribution in [2.75, 3.05) is 5.32 Å². The van der Waals surface area contributed by atoms with Crippen LogP contribution in [0.5, 0.6) is 0 Å². The van der Waals surface area contributed by atoms with Crippen LogP contribution in [-0.2, 0) is 11.2 Å². The van der Waals surface area contributed by atoms with E-state index < -0.39 is 0 Å². The van der Waals surface area contributed by atoms with Gasteiger partial charge in [0.15, 0.2) is 0 Å². The van der Waals surface area contributed by atoms with Gasteiger partial charge in [-0.15, -0.1) is 0 Å². The highest BCUT2D eigenvalue weighted by Gasteiger charge is 2.11. The van der Waals surface area contributed by atoms with Crippen molar-refractivity contribution >= 4 is 45.6 Å². The highest BCUT2D eigenvalue weighted by molar-refractivity contribution is 6.42. The topological polar surface area (TPSA) is 74.8 Å². The van der Waals surface area contributed by atoms with Crippen LogP contribution in [0.2, 0.25) is 10.0 Å². The second-order valence-corrected chi connectivity index (χ2v) is 5.71. The lowest BCUT2D eigenvalue weighted by atomic mass is 10.1. The number of halogens is 2. The Morgan fingerprint density at radius 1 is 1.09 bits per heavy atom. The largest absolute Gasteiger partial charge is 0.326 e. The monoisotopic (exact) mass is 347 g/mol. The molecule has 116 valence electrons. The first kappa shape index (κ1) is 15.5. The molecule has 3 aromatic rings. The number of fused-ring (bicyclic) bond motifs is 1.